The van der Waals surface area contributed by atoms with Crippen LogP contribution in [0.25, 0.3) is 0 Å². The van der Waals surface area contributed by atoms with Crippen LogP contribution in [0.1, 0.15) is 51.0 Å². The monoisotopic (exact) mass is 286 g/mol. The summed E-state index contributed by atoms with van der Waals surface area (Å²) in [6.07, 6.45) is 9.52. The smallest absolute Gasteiger partial charge is 0.0235 e. The van der Waals surface area contributed by atoms with Crippen molar-refractivity contribution in [1.29, 1.82) is 0 Å². The Labute approximate surface area is 129 Å². The van der Waals surface area contributed by atoms with Crippen LogP contribution in [0.2, 0.25) is 0 Å². The van der Waals surface area contributed by atoms with Gasteiger partial charge >= 0.3 is 0 Å². The van der Waals surface area contributed by atoms with E-state index in [0.29, 0.717) is 11.6 Å². The van der Waals surface area contributed by atoms with E-state index in [1.165, 1.54) is 63.7 Å². The minimum absolute atomic E-state index is 0.458. The summed E-state index contributed by atoms with van der Waals surface area (Å²) in [6.45, 7) is 6.17. The van der Waals surface area contributed by atoms with Crippen molar-refractivity contribution in [2.45, 2.75) is 63.5 Å². The van der Waals surface area contributed by atoms with E-state index in [2.05, 4.69) is 47.5 Å². The van der Waals surface area contributed by atoms with Crippen molar-refractivity contribution in [3.63, 3.8) is 0 Å². The topological polar surface area (TPSA) is 15.3 Å². The first-order valence-corrected chi connectivity index (χ1v) is 8.79. The van der Waals surface area contributed by atoms with Crippen molar-refractivity contribution in [1.82, 2.24) is 10.2 Å². The second-order valence-electron chi connectivity index (χ2n) is 7.20. The lowest BCUT2D eigenvalue weighted by Crippen LogP contribution is -2.51. The first-order valence-electron chi connectivity index (χ1n) is 8.79. The van der Waals surface area contributed by atoms with E-state index < -0.39 is 0 Å². The third kappa shape index (κ3) is 3.87. The van der Waals surface area contributed by atoms with Gasteiger partial charge in [-0.1, -0.05) is 49.6 Å². The Morgan fingerprint density at radius 3 is 2.62 bits per heavy atom. The molecule has 1 aliphatic heterocycles. The van der Waals surface area contributed by atoms with Crippen LogP contribution < -0.4 is 5.32 Å². The highest BCUT2D eigenvalue weighted by molar-refractivity contribution is 5.16. The molecule has 1 heterocycles. The zero-order valence-electron chi connectivity index (χ0n) is 13.5. The fraction of sp³-hybridized carbons (Fsp3) is 0.684. The zero-order chi connectivity index (χ0) is 14.5. The van der Waals surface area contributed by atoms with Gasteiger partial charge in [0.15, 0.2) is 0 Å². The van der Waals surface area contributed by atoms with Crippen LogP contribution in [0.3, 0.4) is 0 Å². The molecule has 1 aliphatic carbocycles. The Bertz CT molecular complexity index is 422. The lowest BCUT2D eigenvalue weighted by molar-refractivity contribution is 0.0644. The first-order chi connectivity index (χ1) is 10.3. The minimum atomic E-state index is 0.458. The Morgan fingerprint density at radius 1 is 1.10 bits per heavy atom. The van der Waals surface area contributed by atoms with Crippen molar-refractivity contribution in [2.24, 2.45) is 0 Å². The van der Waals surface area contributed by atoms with Gasteiger partial charge in [0.2, 0.25) is 0 Å². The summed E-state index contributed by atoms with van der Waals surface area (Å²) in [7, 11) is 0. The van der Waals surface area contributed by atoms with Crippen LogP contribution in [-0.2, 0) is 6.42 Å². The molecule has 1 aromatic carbocycles. The number of nitrogens with zero attached hydrogens (tertiary/aromatic N) is 1. The van der Waals surface area contributed by atoms with Crippen molar-refractivity contribution in [3.05, 3.63) is 35.9 Å². The average molecular weight is 286 g/mol. The Balaban J connectivity index is 1.65. The molecule has 1 N–H and O–H groups in total. The molecule has 0 bridgehead atoms. The molecular weight excluding hydrogens is 256 g/mol. The lowest BCUT2D eigenvalue weighted by Gasteiger charge is -2.44. The molecule has 0 aromatic heterocycles. The van der Waals surface area contributed by atoms with Crippen molar-refractivity contribution < 1.29 is 0 Å². The number of rotatable bonds is 3. The van der Waals surface area contributed by atoms with E-state index in [9.17, 15) is 0 Å². The second kappa shape index (κ2) is 6.93. The van der Waals surface area contributed by atoms with Crippen LogP contribution in [0.5, 0.6) is 0 Å². The van der Waals surface area contributed by atoms with Crippen LogP contribution >= 0.6 is 0 Å². The van der Waals surface area contributed by atoms with Crippen LogP contribution in [0, 0.1) is 0 Å². The summed E-state index contributed by atoms with van der Waals surface area (Å²) in [6, 6.07) is 11.6. The number of nitrogens with one attached hydrogen (secondary N) is 1. The van der Waals surface area contributed by atoms with E-state index >= 15 is 0 Å². The number of hydrogen-bond donors (Lipinski definition) is 1. The first kappa shape index (κ1) is 15.1. The Kier molecular flexibility index (Phi) is 4.97. The maximum absolute atomic E-state index is 3.77. The molecule has 116 valence electrons. The molecule has 1 atom stereocenters. The molecule has 1 saturated heterocycles. The maximum Gasteiger partial charge on any atom is 0.0235 e. The second-order valence-corrected chi connectivity index (χ2v) is 7.20. The Hall–Kier alpha value is -0.860. The summed E-state index contributed by atoms with van der Waals surface area (Å²) in [5.41, 5.74) is 1.92. The van der Waals surface area contributed by atoms with E-state index in [0.717, 1.165) is 6.42 Å². The SMILES string of the molecule is CC1(N2CCCNC(Cc3ccccc3)C2)CCCCC1. The van der Waals surface area contributed by atoms with Crippen LogP contribution in [0.4, 0.5) is 0 Å². The number of hydrogen-bond acceptors (Lipinski definition) is 2. The molecule has 2 aliphatic rings. The van der Waals surface area contributed by atoms with E-state index in [1.54, 1.807) is 0 Å². The molecule has 2 fully saturated rings. The quantitative estimate of drug-likeness (QED) is 0.913. The molecule has 21 heavy (non-hydrogen) atoms. The Morgan fingerprint density at radius 2 is 1.86 bits per heavy atom. The molecule has 1 saturated carbocycles. The normalized spacial score (nSPS) is 27.2. The highest BCUT2D eigenvalue weighted by Crippen LogP contribution is 2.34. The van der Waals surface area contributed by atoms with Gasteiger partial charge in [0, 0.05) is 18.1 Å². The number of benzene rings is 1. The predicted molar refractivity (Wildman–Crippen MR) is 89.6 cm³/mol. The summed E-state index contributed by atoms with van der Waals surface area (Å²) < 4.78 is 0. The zero-order valence-corrected chi connectivity index (χ0v) is 13.5. The third-order valence-electron chi connectivity index (χ3n) is 5.50. The fourth-order valence-corrected chi connectivity index (χ4v) is 4.15. The minimum Gasteiger partial charge on any atom is -0.312 e. The molecule has 0 spiro atoms. The van der Waals surface area contributed by atoms with Gasteiger partial charge in [-0.2, -0.15) is 0 Å². The maximum atomic E-state index is 3.77. The standard InChI is InChI=1S/C19H30N2/c1-19(11-6-3-7-12-19)21-14-8-13-20-18(16-21)15-17-9-4-2-5-10-17/h2,4-5,9-10,18,20H,3,6-8,11-16H2,1H3. The van der Waals surface area contributed by atoms with Gasteiger partial charge in [0.1, 0.15) is 0 Å². The van der Waals surface area contributed by atoms with Gasteiger partial charge in [-0.15, -0.1) is 0 Å². The summed E-state index contributed by atoms with van der Waals surface area (Å²) in [5, 5.41) is 3.77. The molecule has 3 rings (SSSR count). The molecule has 1 aromatic rings. The molecule has 0 amide bonds. The van der Waals surface area contributed by atoms with Gasteiger partial charge in [-0.25, -0.2) is 0 Å². The van der Waals surface area contributed by atoms with Crippen molar-refractivity contribution >= 4 is 0 Å². The molecule has 2 heteroatoms. The highest BCUT2D eigenvalue weighted by Gasteiger charge is 2.35. The van der Waals surface area contributed by atoms with Crippen LogP contribution in [0.15, 0.2) is 30.3 Å². The molecule has 2 nitrogen and oxygen atoms in total. The fourth-order valence-electron chi connectivity index (χ4n) is 4.15. The summed E-state index contributed by atoms with van der Waals surface area (Å²) >= 11 is 0. The lowest BCUT2D eigenvalue weighted by atomic mass is 9.81. The van der Waals surface area contributed by atoms with Gasteiger partial charge in [-0.3, -0.25) is 4.90 Å². The van der Waals surface area contributed by atoms with Crippen molar-refractivity contribution in [3.8, 4) is 0 Å². The highest BCUT2D eigenvalue weighted by atomic mass is 15.2. The van der Waals surface area contributed by atoms with Crippen molar-refractivity contribution in [2.75, 3.05) is 19.6 Å². The van der Waals surface area contributed by atoms with Crippen LogP contribution in [-0.4, -0.2) is 36.1 Å². The van der Waals surface area contributed by atoms with Gasteiger partial charge < -0.3 is 5.32 Å². The van der Waals surface area contributed by atoms with Gasteiger partial charge in [0.25, 0.3) is 0 Å². The average Bonchev–Trinajstić information content (AvgIpc) is 2.75. The summed E-state index contributed by atoms with van der Waals surface area (Å²) in [5.74, 6) is 0. The van der Waals surface area contributed by atoms with Gasteiger partial charge in [-0.05, 0) is 51.3 Å². The van der Waals surface area contributed by atoms with E-state index in [-0.39, 0.29) is 0 Å². The van der Waals surface area contributed by atoms with E-state index in [1.807, 2.05) is 0 Å². The predicted octanol–water partition coefficient (Wildman–Crippen LogP) is 3.62. The van der Waals surface area contributed by atoms with E-state index in [4.69, 9.17) is 0 Å². The van der Waals surface area contributed by atoms with Gasteiger partial charge in [0.05, 0.1) is 0 Å². The summed E-state index contributed by atoms with van der Waals surface area (Å²) in [4.78, 5) is 2.81. The molecule has 1 unspecified atom stereocenters. The third-order valence-corrected chi connectivity index (χ3v) is 5.50. The molecular formula is C19H30N2. The largest absolute Gasteiger partial charge is 0.312 e. The molecule has 0 radical (unpaired) electrons.